The lowest BCUT2D eigenvalue weighted by Crippen LogP contribution is -2.10. The molecule has 0 saturated heterocycles. The van der Waals surface area contributed by atoms with Gasteiger partial charge in [-0.2, -0.15) is 0 Å². The number of fused-ring (bicyclic) bond motifs is 8. The molecule has 0 aliphatic heterocycles. The van der Waals surface area contributed by atoms with Gasteiger partial charge in [-0.05, 0) is 63.1 Å². The Morgan fingerprint density at radius 2 is 1.20 bits per heavy atom. The van der Waals surface area contributed by atoms with Crippen LogP contribution in [0.3, 0.4) is 0 Å². The van der Waals surface area contributed by atoms with Crippen molar-refractivity contribution in [3.8, 4) is 51.2 Å². The third-order valence-electron chi connectivity index (χ3n) is 11.4. The Morgan fingerprint density at radius 1 is 0.571 bits per heavy atom. The second-order valence-corrected chi connectivity index (χ2v) is 14.5. The van der Waals surface area contributed by atoms with Gasteiger partial charge in [0.15, 0.2) is 11.6 Å². The third-order valence-corrected chi connectivity index (χ3v) is 11.4. The van der Waals surface area contributed by atoms with Crippen molar-refractivity contribution in [2.24, 2.45) is 0 Å². The Labute approximate surface area is 324 Å². The van der Waals surface area contributed by atoms with Crippen LogP contribution in [0.25, 0.3) is 90.0 Å². The molecule has 6 heteroatoms. The van der Waals surface area contributed by atoms with E-state index in [1.807, 2.05) is 36.4 Å². The number of hydrogen-bond donors (Lipinski definition) is 0. The number of aryl methyl sites for hydroxylation is 1. The molecule has 0 amide bonds. The molecule has 1 aliphatic carbocycles. The summed E-state index contributed by atoms with van der Waals surface area (Å²) < 4.78 is 13.8. The van der Waals surface area contributed by atoms with Gasteiger partial charge in [0.25, 0.3) is 0 Å². The van der Waals surface area contributed by atoms with Gasteiger partial charge in [0.05, 0.1) is 28.1 Å². The van der Waals surface area contributed by atoms with Gasteiger partial charge in [0.2, 0.25) is 0 Å². The summed E-state index contributed by atoms with van der Waals surface area (Å²) in [5.74, 6) is 2.59. The van der Waals surface area contributed by atoms with Crippen LogP contribution < -0.4 is 0 Å². The number of furan rings is 1. The number of allylic oxidation sites excluding steroid dienone is 1. The van der Waals surface area contributed by atoms with E-state index >= 15 is 0 Å². The lowest BCUT2D eigenvalue weighted by Gasteiger charge is -2.20. The monoisotopic (exact) mass is 723 g/mol. The van der Waals surface area contributed by atoms with E-state index < -0.39 is 0 Å². The molecule has 6 aromatic carbocycles. The highest BCUT2D eigenvalue weighted by atomic mass is 16.3. The van der Waals surface area contributed by atoms with E-state index in [1.165, 1.54) is 49.8 Å². The van der Waals surface area contributed by atoms with Crippen molar-refractivity contribution in [1.82, 2.24) is 23.9 Å². The summed E-state index contributed by atoms with van der Waals surface area (Å²) in [6, 6.07) is 53.5. The van der Waals surface area contributed by atoms with Crippen LogP contribution in [-0.4, -0.2) is 23.9 Å². The van der Waals surface area contributed by atoms with Crippen molar-refractivity contribution in [2.45, 2.75) is 26.7 Å². The smallest absolute Gasteiger partial charge is 0.168 e. The number of benzene rings is 6. The Bertz CT molecular complexity index is 3100. The Hall–Kier alpha value is -7.18. The molecule has 10 aromatic rings. The van der Waals surface area contributed by atoms with Gasteiger partial charge >= 0.3 is 0 Å². The summed E-state index contributed by atoms with van der Waals surface area (Å²) in [7, 11) is 0. The average Bonchev–Trinajstić information content (AvgIpc) is 4.01. The molecule has 0 spiro atoms. The van der Waals surface area contributed by atoms with E-state index in [9.17, 15) is 0 Å². The molecule has 0 saturated carbocycles. The maximum Gasteiger partial charge on any atom is 0.168 e. The van der Waals surface area contributed by atoms with Crippen LogP contribution in [0.4, 0.5) is 0 Å². The number of rotatable bonds is 6. The summed E-state index contributed by atoms with van der Waals surface area (Å²) in [6.45, 7) is 4.32. The van der Waals surface area contributed by atoms with Crippen LogP contribution in [0.15, 0.2) is 162 Å². The molecule has 6 nitrogen and oxygen atoms in total. The SMILES string of the molecule is C/C=C\c1c(C)n(-c2ccccc2-n2c3c(c4ccccc42)-c2oc4ccccc4c2CC3)c2cc(-n3c(-c4ccccc4)nnc3-c3ccccc3)ccc12. The highest BCUT2D eigenvalue weighted by Crippen LogP contribution is 2.47. The minimum absolute atomic E-state index is 0.795. The molecule has 1 aliphatic rings. The lowest BCUT2D eigenvalue weighted by molar-refractivity contribution is 0.620. The normalized spacial score (nSPS) is 12.6. The summed E-state index contributed by atoms with van der Waals surface area (Å²) in [5.41, 5.74) is 14.6. The van der Waals surface area contributed by atoms with E-state index in [4.69, 9.17) is 14.6 Å². The van der Waals surface area contributed by atoms with Crippen LogP contribution >= 0.6 is 0 Å². The number of para-hydroxylation sites is 4. The van der Waals surface area contributed by atoms with Crippen molar-refractivity contribution in [2.75, 3.05) is 0 Å². The summed E-state index contributed by atoms with van der Waals surface area (Å²) in [4.78, 5) is 0. The molecule has 0 unspecified atom stereocenters. The van der Waals surface area contributed by atoms with Gasteiger partial charge in [-0.15, -0.1) is 10.2 Å². The minimum atomic E-state index is 0.795. The van der Waals surface area contributed by atoms with Crippen molar-refractivity contribution in [3.63, 3.8) is 0 Å². The zero-order chi connectivity index (χ0) is 37.3. The van der Waals surface area contributed by atoms with Gasteiger partial charge in [0, 0.05) is 55.4 Å². The number of nitrogens with zero attached hydrogens (tertiary/aromatic N) is 5. The first kappa shape index (κ1) is 32.3. The molecule has 0 atom stereocenters. The van der Waals surface area contributed by atoms with Crippen molar-refractivity contribution < 1.29 is 4.42 Å². The number of aromatic nitrogens is 5. The first-order valence-electron chi connectivity index (χ1n) is 19.3. The third kappa shape index (κ3) is 4.75. The lowest BCUT2D eigenvalue weighted by atomic mass is 9.92. The molecule has 4 aromatic heterocycles. The van der Waals surface area contributed by atoms with E-state index in [0.717, 1.165) is 69.5 Å². The molecule has 4 heterocycles. The molecular weight excluding hydrogens is 687 g/mol. The molecule has 0 N–H and O–H groups in total. The van der Waals surface area contributed by atoms with E-state index in [1.54, 1.807) is 0 Å². The van der Waals surface area contributed by atoms with E-state index in [0.29, 0.717) is 0 Å². The van der Waals surface area contributed by atoms with Crippen LogP contribution in [0.5, 0.6) is 0 Å². The summed E-state index contributed by atoms with van der Waals surface area (Å²) in [6.07, 6.45) is 6.19. The fraction of sp³-hybridized carbons (Fsp3) is 0.0800. The van der Waals surface area contributed by atoms with Crippen molar-refractivity contribution in [1.29, 1.82) is 0 Å². The standard InChI is InChI=1S/C50H37N5O/c1-3-16-36-32(2)53(45-31-35(27-28-37(36)45)54-49(33-17-6-4-7-18-33)51-52-50(54)34-19-8-5-9-20-34)42-24-13-14-25-43(42)55-41-23-12-10-22-40(41)47-44(55)30-29-39-38-21-11-15-26-46(38)56-48(39)47/h3-28,31H,29-30H2,1-2H3/b16-3-. The fourth-order valence-electron chi connectivity index (χ4n) is 9.03. The van der Waals surface area contributed by atoms with Crippen molar-refractivity contribution in [3.05, 3.63) is 180 Å². The van der Waals surface area contributed by atoms with Gasteiger partial charge in [0.1, 0.15) is 11.3 Å². The zero-order valence-electron chi connectivity index (χ0n) is 31.1. The van der Waals surface area contributed by atoms with E-state index in [2.05, 4.69) is 155 Å². The Balaban J connectivity index is 1.17. The predicted molar refractivity (Wildman–Crippen MR) is 228 cm³/mol. The molecular formula is C50H37N5O. The summed E-state index contributed by atoms with van der Waals surface area (Å²) >= 11 is 0. The molecule has 11 rings (SSSR count). The highest BCUT2D eigenvalue weighted by molar-refractivity contribution is 6.03. The number of hydrogen-bond acceptors (Lipinski definition) is 3. The van der Waals surface area contributed by atoms with Gasteiger partial charge < -0.3 is 13.6 Å². The molecule has 0 fully saturated rings. The second kappa shape index (κ2) is 12.7. The maximum absolute atomic E-state index is 6.69. The van der Waals surface area contributed by atoms with Gasteiger partial charge in [-0.3, -0.25) is 4.57 Å². The second-order valence-electron chi connectivity index (χ2n) is 14.5. The predicted octanol–water partition coefficient (Wildman–Crippen LogP) is 12.3. The molecule has 56 heavy (non-hydrogen) atoms. The van der Waals surface area contributed by atoms with Crippen LogP contribution in [0.1, 0.15) is 29.4 Å². The van der Waals surface area contributed by atoms with Crippen LogP contribution in [-0.2, 0) is 12.8 Å². The Kier molecular flexibility index (Phi) is 7.32. The minimum Gasteiger partial charge on any atom is -0.456 e. The molecule has 268 valence electrons. The first-order chi connectivity index (χ1) is 27.7. The molecule has 0 radical (unpaired) electrons. The topological polar surface area (TPSA) is 53.7 Å². The quantitative estimate of drug-likeness (QED) is 0.172. The first-order valence-corrected chi connectivity index (χ1v) is 19.3. The Morgan fingerprint density at radius 3 is 1.91 bits per heavy atom. The van der Waals surface area contributed by atoms with Gasteiger partial charge in [-0.1, -0.05) is 127 Å². The molecule has 0 bridgehead atoms. The summed E-state index contributed by atoms with van der Waals surface area (Å²) in [5, 5.41) is 13.2. The van der Waals surface area contributed by atoms with Crippen molar-refractivity contribution >= 4 is 38.9 Å². The average molecular weight is 724 g/mol. The van der Waals surface area contributed by atoms with E-state index in [-0.39, 0.29) is 0 Å². The largest absolute Gasteiger partial charge is 0.456 e. The van der Waals surface area contributed by atoms with Crippen LogP contribution in [0, 0.1) is 6.92 Å². The highest BCUT2D eigenvalue weighted by Gasteiger charge is 2.30. The van der Waals surface area contributed by atoms with Crippen LogP contribution in [0.2, 0.25) is 0 Å². The maximum atomic E-state index is 6.69. The van der Waals surface area contributed by atoms with Gasteiger partial charge in [-0.25, -0.2) is 0 Å². The fourth-order valence-corrected chi connectivity index (χ4v) is 9.03. The zero-order valence-corrected chi connectivity index (χ0v) is 31.1.